The molecule has 15 heavy (non-hydrogen) atoms. The van der Waals surface area contributed by atoms with Crippen molar-refractivity contribution in [2.75, 3.05) is 0 Å². The van der Waals surface area contributed by atoms with Crippen molar-refractivity contribution >= 4 is 5.91 Å². The van der Waals surface area contributed by atoms with Gasteiger partial charge in [0.05, 0.1) is 0 Å². The van der Waals surface area contributed by atoms with Crippen molar-refractivity contribution in [2.45, 2.75) is 32.0 Å². The van der Waals surface area contributed by atoms with E-state index in [-0.39, 0.29) is 18.0 Å². The Morgan fingerprint density at radius 3 is 2.60 bits per heavy atom. The molecule has 0 bridgehead atoms. The summed E-state index contributed by atoms with van der Waals surface area (Å²) in [6.45, 7) is 2.69. The Labute approximate surface area is 89.9 Å². The predicted octanol–water partition coefficient (Wildman–Crippen LogP) is 1.13. The first-order valence-corrected chi connectivity index (χ1v) is 5.27. The molecule has 0 saturated carbocycles. The molecule has 1 aromatic rings. The molecule has 0 spiro atoms. The number of hydrogen-bond acceptors (Lipinski definition) is 2. The van der Waals surface area contributed by atoms with E-state index in [9.17, 15) is 4.79 Å². The topological polar surface area (TPSA) is 46.3 Å². The fourth-order valence-electron chi connectivity index (χ4n) is 1.96. The van der Waals surface area contributed by atoms with Gasteiger partial charge >= 0.3 is 0 Å². The summed E-state index contributed by atoms with van der Waals surface area (Å²) in [5.74, 6) is 0.166. The van der Waals surface area contributed by atoms with Crippen LogP contribution in [0.3, 0.4) is 0 Å². The zero-order valence-electron chi connectivity index (χ0n) is 8.89. The summed E-state index contributed by atoms with van der Waals surface area (Å²) in [5, 5.41) is 0. The highest BCUT2D eigenvalue weighted by atomic mass is 16.2. The van der Waals surface area contributed by atoms with Crippen LogP contribution in [0.25, 0.3) is 0 Å². The molecule has 3 heteroatoms. The number of hydrogen-bond donors (Lipinski definition) is 1. The minimum atomic E-state index is -0.0128. The summed E-state index contributed by atoms with van der Waals surface area (Å²) < 4.78 is 0. The first-order valence-electron chi connectivity index (χ1n) is 5.27. The fourth-order valence-corrected chi connectivity index (χ4v) is 1.96. The van der Waals surface area contributed by atoms with Crippen LogP contribution in [0.5, 0.6) is 0 Å². The molecule has 1 aliphatic rings. The van der Waals surface area contributed by atoms with E-state index in [4.69, 9.17) is 5.73 Å². The van der Waals surface area contributed by atoms with Crippen LogP contribution in [0.4, 0.5) is 0 Å². The van der Waals surface area contributed by atoms with Crippen LogP contribution in [-0.4, -0.2) is 22.9 Å². The molecular formula is C12H16N2O. The van der Waals surface area contributed by atoms with Gasteiger partial charge in [-0.1, -0.05) is 30.3 Å². The molecule has 80 valence electrons. The third-order valence-electron chi connectivity index (χ3n) is 3.04. The van der Waals surface area contributed by atoms with Gasteiger partial charge in [-0.3, -0.25) is 4.79 Å². The Hall–Kier alpha value is -1.35. The van der Waals surface area contributed by atoms with Crippen molar-refractivity contribution in [3.8, 4) is 0 Å². The first kappa shape index (κ1) is 10.2. The quantitative estimate of drug-likeness (QED) is 0.785. The van der Waals surface area contributed by atoms with Crippen LogP contribution in [-0.2, 0) is 11.3 Å². The van der Waals surface area contributed by atoms with Crippen LogP contribution in [0.15, 0.2) is 30.3 Å². The maximum Gasteiger partial charge on any atom is 0.224 e. The Balaban J connectivity index is 2.09. The van der Waals surface area contributed by atoms with E-state index < -0.39 is 0 Å². The minimum Gasteiger partial charge on any atom is -0.334 e. The Morgan fingerprint density at radius 2 is 2.07 bits per heavy atom. The second-order valence-electron chi connectivity index (χ2n) is 4.12. The lowest BCUT2D eigenvalue weighted by Gasteiger charge is -2.23. The van der Waals surface area contributed by atoms with Crippen molar-refractivity contribution in [1.29, 1.82) is 0 Å². The molecule has 1 aliphatic heterocycles. The summed E-state index contributed by atoms with van der Waals surface area (Å²) in [5.41, 5.74) is 7.01. The molecule has 1 heterocycles. The van der Waals surface area contributed by atoms with Gasteiger partial charge in [0, 0.05) is 25.0 Å². The van der Waals surface area contributed by atoms with E-state index in [2.05, 4.69) is 0 Å². The van der Waals surface area contributed by atoms with Crippen molar-refractivity contribution < 1.29 is 4.79 Å². The van der Waals surface area contributed by atoms with E-state index in [0.29, 0.717) is 13.0 Å². The number of nitrogens with zero attached hydrogens (tertiary/aromatic N) is 1. The minimum absolute atomic E-state index is 0.0128. The van der Waals surface area contributed by atoms with Gasteiger partial charge in [0.1, 0.15) is 0 Å². The highest BCUT2D eigenvalue weighted by Crippen LogP contribution is 2.19. The fraction of sp³-hybridized carbons (Fsp3) is 0.417. The molecular weight excluding hydrogens is 188 g/mol. The van der Waals surface area contributed by atoms with Crippen molar-refractivity contribution in [1.82, 2.24) is 4.90 Å². The van der Waals surface area contributed by atoms with Gasteiger partial charge < -0.3 is 10.6 Å². The second-order valence-corrected chi connectivity index (χ2v) is 4.12. The van der Waals surface area contributed by atoms with Gasteiger partial charge in [-0.25, -0.2) is 0 Å². The Bertz CT molecular complexity index is 350. The predicted molar refractivity (Wildman–Crippen MR) is 59.0 cm³/mol. The number of carbonyl (C=O) groups is 1. The highest BCUT2D eigenvalue weighted by Gasteiger charge is 2.33. The second kappa shape index (κ2) is 4.03. The zero-order chi connectivity index (χ0) is 10.8. The van der Waals surface area contributed by atoms with Crippen molar-refractivity contribution in [2.24, 2.45) is 5.73 Å². The lowest BCUT2D eigenvalue weighted by Crippen LogP contribution is -2.37. The van der Waals surface area contributed by atoms with E-state index in [1.165, 1.54) is 0 Å². The Kier molecular flexibility index (Phi) is 2.73. The van der Waals surface area contributed by atoms with Crippen LogP contribution < -0.4 is 5.73 Å². The van der Waals surface area contributed by atoms with Gasteiger partial charge in [0.15, 0.2) is 0 Å². The van der Waals surface area contributed by atoms with Crippen LogP contribution in [0.2, 0.25) is 0 Å². The smallest absolute Gasteiger partial charge is 0.224 e. The third kappa shape index (κ3) is 2.02. The number of amides is 1. The van der Waals surface area contributed by atoms with Gasteiger partial charge in [-0.2, -0.15) is 0 Å². The number of rotatable bonds is 2. The lowest BCUT2D eigenvalue weighted by atomic mass is 10.1. The average molecular weight is 204 g/mol. The molecule has 0 unspecified atom stereocenters. The summed E-state index contributed by atoms with van der Waals surface area (Å²) >= 11 is 0. The van der Waals surface area contributed by atoms with Gasteiger partial charge in [0.25, 0.3) is 0 Å². The molecule has 0 radical (unpaired) electrons. The lowest BCUT2D eigenvalue weighted by molar-refractivity contribution is -0.129. The molecule has 0 aliphatic carbocycles. The molecule has 1 fully saturated rings. The zero-order valence-corrected chi connectivity index (χ0v) is 8.89. The maximum absolute atomic E-state index is 11.6. The van der Waals surface area contributed by atoms with Crippen LogP contribution >= 0.6 is 0 Å². The van der Waals surface area contributed by atoms with Crippen molar-refractivity contribution in [3.63, 3.8) is 0 Å². The molecule has 1 saturated heterocycles. The Morgan fingerprint density at radius 1 is 1.40 bits per heavy atom. The molecule has 2 N–H and O–H groups in total. The van der Waals surface area contributed by atoms with Gasteiger partial charge in [-0.15, -0.1) is 0 Å². The third-order valence-corrected chi connectivity index (χ3v) is 3.04. The van der Waals surface area contributed by atoms with Crippen molar-refractivity contribution in [3.05, 3.63) is 35.9 Å². The molecule has 1 aromatic carbocycles. The molecule has 0 aromatic heterocycles. The molecule has 1 amide bonds. The number of carbonyl (C=O) groups excluding carboxylic acids is 1. The molecule has 2 atom stereocenters. The number of benzene rings is 1. The monoisotopic (exact) mass is 204 g/mol. The summed E-state index contributed by atoms with van der Waals surface area (Å²) in [6, 6.07) is 10.2. The summed E-state index contributed by atoms with van der Waals surface area (Å²) in [6.07, 6.45) is 0.480. The number of nitrogens with two attached hydrogens (primary N) is 1. The summed E-state index contributed by atoms with van der Waals surface area (Å²) in [7, 11) is 0. The van der Waals surface area contributed by atoms with E-state index in [0.717, 1.165) is 5.56 Å². The molecule has 3 nitrogen and oxygen atoms in total. The normalized spacial score (nSPS) is 26.0. The average Bonchev–Trinajstić information content (AvgIpc) is 2.47. The summed E-state index contributed by atoms with van der Waals surface area (Å²) in [4.78, 5) is 13.5. The number of likely N-dealkylation sites (tertiary alicyclic amines) is 1. The van der Waals surface area contributed by atoms with Gasteiger partial charge in [0.2, 0.25) is 5.91 Å². The maximum atomic E-state index is 11.6. The van der Waals surface area contributed by atoms with E-state index in [1.54, 1.807) is 0 Å². The first-order chi connectivity index (χ1) is 7.18. The van der Waals surface area contributed by atoms with E-state index >= 15 is 0 Å². The largest absolute Gasteiger partial charge is 0.334 e. The standard InChI is InChI=1S/C12H16N2O/c1-9-11(13)7-12(15)14(9)8-10-5-3-2-4-6-10/h2-6,9,11H,7-8,13H2,1H3/t9-,11+/m1/s1. The molecule has 2 rings (SSSR count). The van der Waals surface area contributed by atoms with Crippen LogP contribution in [0, 0.1) is 0 Å². The highest BCUT2D eigenvalue weighted by molar-refractivity contribution is 5.79. The van der Waals surface area contributed by atoms with E-state index in [1.807, 2.05) is 42.2 Å². The van der Waals surface area contributed by atoms with Crippen LogP contribution in [0.1, 0.15) is 18.9 Å². The van der Waals surface area contributed by atoms with Gasteiger partial charge in [-0.05, 0) is 12.5 Å². The SMILES string of the molecule is C[C@@H]1[C@@H](N)CC(=O)N1Cc1ccccc1.